The van der Waals surface area contributed by atoms with Crippen LogP contribution in [0.3, 0.4) is 0 Å². The second kappa shape index (κ2) is 4.96. The van der Waals surface area contributed by atoms with Gasteiger partial charge in [0.15, 0.2) is 0 Å². The van der Waals surface area contributed by atoms with Crippen LogP contribution in [0.4, 0.5) is 0 Å². The van der Waals surface area contributed by atoms with E-state index in [4.69, 9.17) is 0 Å². The molecule has 2 unspecified atom stereocenters. The van der Waals surface area contributed by atoms with E-state index in [0.29, 0.717) is 6.04 Å². The number of nitriles is 1. The lowest BCUT2D eigenvalue weighted by molar-refractivity contribution is 0.243. The first-order valence-electron chi connectivity index (χ1n) is 6.94. The smallest absolute Gasteiger partial charge is 0.116 e. The minimum Gasteiger partial charge on any atom is -0.300 e. The molecule has 2 rings (SSSR count). The minimum absolute atomic E-state index is 0.354. The molecule has 3 nitrogen and oxygen atoms in total. The Kier molecular flexibility index (Phi) is 3.75. The molecule has 0 radical (unpaired) electrons. The summed E-state index contributed by atoms with van der Waals surface area (Å²) >= 11 is 0. The Labute approximate surface area is 105 Å². The van der Waals surface area contributed by atoms with E-state index in [9.17, 15) is 5.26 Å². The Bertz CT molecular complexity index is 303. The molecule has 0 aromatic rings. The van der Waals surface area contributed by atoms with E-state index in [1.165, 1.54) is 25.8 Å². The van der Waals surface area contributed by atoms with Gasteiger partial charge in [0.1, 0.15) is 5.54 Å². The summed E-state index contributed by atoms with van der Waals surface area (Å²) < 4.78 is 0. The van der Waals surface area contributed by atoms with Crippen LogP contribution >= 0.6 is 0 Å². The van der Waals surface area contributed by atoms with Gasteiger partial charge in [-0.05, 0) is 44.6 Å². The monoisotopic (exact) mass is 235 g/mol. The Morgan fingerprint density at radius 3 is 2.59 bits per heavy atom. The highest BCUT2D eigenvalue weighted by Gasteiger charge is 2.36. The molecule has 0 bridgehead atoms. The first-order chi connectivity index (χ1) is 8.02. The average Bonchev–Trinajstić information content (AvgIpc) is 2.94. The summed E-state index contributed by atoms with van der Waals surface area (Å²) in [6, 6.07) is 3.07. The standard InChI is InChI=1S/C14H25N3/c1-11(2)12-6-7-17(8-12)10-14(3,9-15)16-13-4-5-13/h11-13,16H,4-8,10H2,1-3H3. The molecule has 1 aliphatic heterocycles. The maximum absolute atomic E-state index is 9.36. The third-order valence-corrected chi connectivity index (χ3v) is 4.14. The third kappa shape index (κ3) is 3.43. The van der Waals surface area contributed by atoms with E-state index in [1.807, 2.05) is 6.92 Å². The number of hydrogen-bond donors (Lipinski definition) is 1. The zero-order valence-electron chi connectivity index (χ0n) is 11.4. The topological polar surface area (TPSA) is 39.1 Å². The maximum atomic E-state index is 9.36. The van der Waals surface area contributed by atoms with Gasteiger partial charge in [-0.2, -0.15) is 5.26 Å². The lowest BCUT2D eigenvalue weighted by Crippen LogP contribution is -2.50. The molecule has 1 saturated carbocycles. The van der Waals surface area contributed by atoms with E-state index < -0.39 is 0 Å². The second-order valence-corrected chi connectivity index (χ2v) is 6.39. The lowest BCUT2D eigenvalue weighted by atomic mass is 9.95. The number of likely N-dealkylation sites (tertiary alicyclic amines) is 1. The molecule has 17 heavy (non-hydrogen) atoms. The van der Waals surface area contributed by atoms with Crippen LogP contribution in [0.2, 0.25) is 0 Å². The highest BCUT2D eigenvalue weighted by molar-refractivity contribution is 5.09. The van der Waals surface area contributed by atoms with Gasteiger partial charge in [-0.3, -0.25) is 5.32 Å². The van der Waals surface area contributed by atoms with Crippen molar-refractivity contribution < 1.29 is 0 Å². The predicted molar refractivity (Wildman–Crippen MR) is 69.6 cm³/mol. The van der Waals surface area contributed by atoms with Crippen molar-refractivity contribution in [3.8, 4) is 6.07 Å². The zero-order chi connectivity index (χ0) is 12.5. The summed E-state index contributed by atoms with van der Waals surface area (Å²) in [7, 11) is 0. The molecule has 2 atom stereocenters. The zero-order valence-corrected chi connectivity index (χ0v) is 11.4. The van der Waals surface area contributed by atoms with Crippen LogP contribution in [-0.4, -0.2) is 36.1 Å². The SMILES string of the molecule is CC(C)C1CCN(CC(C)(C#N)NC2CC2)C1. The van der Waals surface area contributed by atoms with Crippen LogP contribution in [0.25, 0.3) is 0 Å². The molecule has 2 aliphatic rings. The number of rotatable bonds is 5. The molecule has 0 aromatic heterocycles. The van der Waals surface area contributed by atoms with Crippen LogP contribution in [0.5, 0.6) is 0 Å². The fourth-order valence-corrected chi connectivity index (χ4v) is 2.79. The Morgan fingerprint density at radius 1 is 1.41 bits per heavy atom. The van der Waals surface area contributed by atoms with Gasteiger partial charge in [0, 0.05) is 19.1 Å². The molecule has 1 aliphatic carbocycles. The third-order valence-electron chi connectivity index (χ3n) is 4.14. The molecule has 0 amide bonds. The van der Waals surface area contributed by atoms with Crippen LogP contribution in [0.15, 0.2) is 0 Å². The summed E-state index contributed by atoms with van der Waals surface area (Å²) in [6.07, 6.45) is 3.78. The van der Waals surface area contributed by atoms with Crippen molar-refractivity contribution in [2.45, 2.75) is 51.6 Å². The number of nitrogens with zero attached hydrogens (tertiary/aromatic N) is 2. The summed E-state index contributed by atoms with van der Waals surface area (Å²) in [5.41, 5.74) is -0.354. The van der Waals surface area contributed by atoms with Gasteiger partial charge < -0.3 is 4.90 Å². The van der Waals surface area contributed by atoms with E-state index in [0.717, 1.165) is 24.9 Å². The second-order valence-electron chi connectivity index (χ2n) is 6.39. The van der Waals surface area contributed by atoms with Gasteiger partial charge in [0.2, 0.25) is 0 Å². The van der Waals surface area contributed by atoms with Crippen molar-refractivity contribution in [1.82, 2.24) is 10.2 Å². The highest BCUT2D eigenvalue weighted by Crippen LogP contribution is 2.27. The molecule has 2 fully saturated rings. The number of hydrogen-bond acceptors (Lipinski definition) is 3. The summed E-state index contributed by atoms with van der Waals surface area (Å²) in [4.78, 5) is 2.46. The molecular formula is C14H25N3. The fraction of sp³-hybridized carbons (Fsp3) is 0.929. The first kappa shape index (κ1) is 12.9. The molecule has 0 aromatic carbocycles. The molecule has 1 N–H and O–H groups in total. The van der Waals surface area contributed by atoms with Crippen LogP contribution in [-0.2, 0) is 0 Å². The minimum atomic E-state index is -0.354. The molecule has 1 saturated heterocycles. The van der Waals surface area contributed by atoms with Gasteiger partial charge in [0.25, 0.3) is 0 Å². The molecule has 1 heterocycles. The highest BCUT2D eigenvalue weighted by atomic mass is 15.2. The van der Waals surface area contributed by atoms with Gasteiger partial charge in [-0.1, -0.05) is 13.8 Å². The van der Waals surface area contributed by atoms with Gasteiger partial charge >= 0.3 is 0 Å². The van der Waals surface area contributed by atoms with Gasteiger partial charge in [0.05, 0.1) is 6.07 Å². The van der Waals surface area contributed by atoms with Gasteiger partial charge in [-0.15, -0.1) is 0 Å². The Hall–Kier alpha value is -0.590. The average molecular weight is 235 g/mol. The lowest BCUT2D eigenvalue weighted by Gasteiger charge is -2.29. The van der Waals surface area contributed by atoms with Crippen LogP contribution in [0.1, 0.15) is 40.0 Å². The summed E-state index contributed by atoms with van der Waals surface area (Å²) in [5, 5.41) is 12.8. The largest absolute Gasteiger partial charge is 0.300 e. The quantitative estimate of drug-likeness (QED) is 0.792. The maximum Gasteiger partial charge on any atom is 0.116 e. The number of nitrogens with one attached hydrogen (secondary N) is 1. The Balaban J connectivity index is 1.85. The van der Waals surface area contributed by atoms with Crippen molar-refractivity contribution in [3.63, 3.8) is 0 Å². The van der Waals surface area contributed by atoms with E-state index in [2.05, 4.69) is 30.1 Å². The van der Waals surface area contributed by atoms with E-state index in [1.54, 1.807) is 0 Å². The molecule has 0 spiro atoms. The van der Waals surface area contributed by atoms with Crippen molar-refractivity contribution in [3.05, 3.63) is 0 Å². The summed E-state index contributed by atoms with van der Waals surface area (Å²) in [5.74, 6) is 1.59. The fourth-order valence-electron chi connectivity index (χ4n) is 2.79. The normalized spacial score (nSPS) is 29.2. The molecule has 3 heteroatoms. The summed E-state index contributed by atoms with van der Waals surface area (Å²) in [6.45, 7) is 9.87. The first-order valence-corrected chi connectivity index (χ1v) is 6.94. The molecule has 96 valence electrons. The van der Waals surface area contributed by atoms with Crippen LogP contribution < -0.4 is 5.32 Å². The van der Waals surface area contributed by atoms with Crippen molar-refractivity contribution in [2.75, 3.05) is 19.6 Å². The van der Waals surface area contributed by atoms with E-state index >= 15 is 0 Å². The Morgan fingerprint density at radius 2 is 2.12 bits per heavy atom. The van der Waals surface area contributed by atoms with Crippen LogP contribution in [0, 0.1) is 23.2 Å². The van der Waals surface area contributed by atoms with Crippen molar-refractivity contribution in [1.29, 1.82) is 5.26 Å². The van der Waals surface area contributed by atoms with Crippen molar-refractivity contribution in [2.24, 2.45) is 11.8 Å². The van der Waals surface area contributed by atoms with Gasteiger partial charge in [-0.25, -0.2) is 0 Å². The van der Waals surface area contributed by atoms with Crippen molar-refractivity contribution >= 4 is 0 Å². The predicted octanol–water partition coefficient (Wildman–Crippen LogP) is 2.00. The van der Waals surface area contributed by atoms with E-state index in [-0.39, 0.29) is 5.54 Å². The molecular weight excluding hydrogens is 210 g/mol.